The molecule has 1 heterocycles. The molecule has 1 aromatic rings. The molecule has 2 N–H and O–H groups in total. The molecule has 0 saturated carbocycles. The van der Waals surface area contributed by atoms with Gasteiger partial charge >= 0.3 is 6.18 Å². The van der Waals surface area contributed by atoms with Crippen LogP contribution in [-0.4, -0.2) is 62.4 Å². The highest BCUT2D eigenvalue weighted by molar-refractivity contribution is 5.85. The highest BCUT2D eigenvalue weighted by atomic mass is 35.5. The maximum atomic E-state index is 13.3. The zero-order valence-corrected chi connectivity index (χ0v) is 15.7. The summed E-state index contributed by atoms with van der Waals surface area (Å²) in [6.45, 7) is 4.64. The number of halogens is 4. The number of nitrogens with zero attached hydrogens (tertiary/aromatic N) is 1. The van der Waals surface area contributed by atoms with Crippen molar-refractivity contribution in [3.8, 4) is 5.75 Å². The van der Waals surface area contributed by atoms with Crippen molar-refractivity contribution in [3.05, 3.63) is 29.3 Å². The van der Waals surface area contributed by atoms with Crippen molar-refractivity contribution in [2.45, 2.75) is 26.1 Å². The molecule has 1 amide bonds. The van der Waals surface area contributed by atoms with E-state index in [4.69, 9.17) is 4.74 Å². The number of nitrogens with one attached hydrogen (secondary N) is 2. The van der Waals surface area contributed by atoms with E-state index in [9.17, 15) is 18.0 Å². The Labute approximate surface area is 157 Å². The largest absolute Gasteiger partial charge is 0.484 e. The molecule has 1 atom stereocenters. The van der Waals surface area contributed by atoms with Crippen LogP contribution < -0.4 is 15.4 Å². The molecule has 1 saturated heterocycles. The Morgan fingerprint density at radius 2 is 1.96 bits per heavy atom. The minimum absolute atomic E-state index is 0. The molecular weight excluding hydrogens is 371 g/mol. The molecule has 0 aliphatic carbocycles. The molecule has 1 aliphatic heterocycles. The summed E-state index contributed by atoms with van der Waals surface area (Å²) < 4.78 is 45.2. The van der Waals surface area contributed by atoms with Crippen LogP contribution in [0, 0.1) is 13.8 Å². The fourth-order valence-corrected chi connectivity index (χ4v) is 2.81. The average molecular weight is 396 g/mol. The minimum atomic E-state index is -4.39. The molecule has 1 unspecified atom stereocenters. The van der Waals surface area contributed by atoms with Gasteiger partial charge in [-0.1, -0.05) is 17.7 Å². The van der Waals surface area contributed by atoms with Gasteiger partial charge in [0, 0.05) is 32.7 Å². The molecule has 0 bridgehead atoms. The Morgan fingerprint density at radius 3 is 2.54 bits per heavy atom. The van der Waals surface area contributed by atoms with Crippen molar-refractivity contribution in [2.24, 2.45) is 0 Å². The first-order chi connectivity index (χ1) is 11.8. The molecule has 148 valence electrons. The van der Waals surface area contributed by atoms with Crippen LogP contribution in [-0.2, 0) is 4.79 Å². The van der Waals surface area contributed by atoms with Crippen LogP contribution in [0.1, 0.15) is 11.1 Å². The zero-order valence-electron chi connectivity index (χ0n) is 14.9. The topological polar surface area (TPSA) is 53.6 Å². The summed E-state index contributed by atoms with van der Waals surface area (Å²) in [7, 11) is 0. The normalized spacial score (nSPS) is 16.5. The number of ether oxygens (including phenoxy) is 1. The molecule has 9 heteroatoms. The van der Waals surface area contributed by atoms with E-state index in [1.165, 1.54) is 4.90 Å². The van der Waals surface area contributed by atoms with Gasteiger partial charge in [-0.2, -0.15) is 13.2 Å². The van der Waals surface area contributed by atoms with Gasteiger partial charge in [-0.3, -0.25) is 9.69 Å². The van der Waals surface area contributed by atoms with Crippen LogP contribution in [0.15, 0.2) is 18.2 Å². The first-order valence-electron chi connectivity index (χ1n) is 8.25. The monoisotopic (exact) mass is 395 g/mol. The van der Waals surface area contributed by atoms with Crippen LogP contribution >= 0.6 is 12.4 Å². The van der Waals surface area contributed by atoms with Crippen molar-refractivity contribution < 1.29 is 22.7 Å². The van der Waals surface area contributed by atoms with Gasteiger partial charge in [-0.15, -0.1) is 12.4 Å². The smallest absolute Gasteiger partial charge is 0.405 e. The van der Waals surface area contributed by atoms with Crippen LogP contribution in [0.2, 0.25) is 0 Å². The van der Waals surface area contributed by atoms with Gasteiger partial charge in [0.25, 0.3) is 5.91 Å². The number of hydrogen-bond acceptors (Lipinski definition) is 4. The van der Waals surface area contributed by atoms with E-state index in [0.717, 1.165) is 11.1 Å². The number of alkyl halides is 3. The van der Waals surface area contributed by atoms with E-state index in [1.54, 1.807) is 6.07 Å². The van der Waals surface area contributed by atoms with Crippen LogP contribution in [0.3, 0.4) is 0 Å². The molecule has 1 aliphatic rings. The molecule has 0 aromatic heterocycles. The summed E-state index contributed by atoms with van der Waals surface area (Å²) in [5.74, 6) is -0.0143. The van der Waals surface area contributed by atoms with Crippen molar-refractivity contribution in [2.75, 3.05) is 39.3 Å². The summed E-state index contributed by atoms with van der Waals surface area (Å²) in [5.41, 5.74) is 1.94. The predicted octanol–water partition coefficient (Wildman–Crippen LogP) is 2.06. The van der Waals surface area contributed by atoms with Crippen LogP contribution in [0.4, 0.5) is 13.2 Å². The Kier molecular flexibility index (Phi) is 8.66. The fraction of sp³-hybridized carbons (Fsp3) is 0.588. The van der Waals surface area contributed by atoms with Gasteiger partial charge in [0.05, 0.1) is 0 Å². The number of aryl methyl sites for hydroxylation is 2. The molecular formula is C17H25ClF3N3O2. The van der Waals surface area contributed by atoms with Gasteiger partial charge in [0.2, 0.25) is 0 Å². The second-order valence-electron chi connectivity index (χ2n) is 6.21. The van der Waals surface area contributed by atoms with E-state index in [0.29, 0.717) is 31.9 Å². The van der Waals surface area contributed by atoms with Gasteiger partial charge in [-0.25, -0.2) is 0 Å². The Bertz CT molecular complexity index is 593. The molecule has 0 spiro atoms. The molecule has 2 rings (SSSR count). The van der Waals surface area contributed by atoms with E-state index >= 15 is 0 Å². The summed E-state index contributed by atoms with van der Waals surface area (Å²) >= 11 is 0. The fourth-order valence-electron chi connectivity index (χ4n) is 2.81. The minimum Gasteiger partial charge on any atom is -0.484 e. The Hall–Kier alpha value is -1.51. The lowest BCUT2D eigenvalue weighted by Crippen LogP contribution is -2.57. The lowest BCUT2D eigenvalue weighted by molar-refractivity contribution is -0.184. The van der Waals surface area contributed by atoms with Gasteiger partial charge in [0.1, 0.15) is 11.8 Å². The molecule has 26 heavy (non-hydrogen) atoms. The lowest BCUT2D eigenvalue weighted by atomic mass is 10.1. The lowest BCUT2D eigenvalue weighted by Gasteiger charge is -2.35. The number of amides is 1. The van der Waals surface area contributed by atoms with Crippen molar-refractivity contribution >= 4 is 18.3 Å². The molecule has 5 nitrogen and oxygen atoms in total. The van der Waals surface area contributed by atoms with E-state index < -0.39 is 24.7 Å². The Morgan fingerprint density at radius 1 is 1.31 bits per heavy atom. The first-order valence-corrected chi connectivity index (χ1v) is 8.25. The van der Waals surface area contributed by atoms with E-state index in [2.05, 4.69) is 10.6 Å². The number of rotatable bonds is 6. The number of piperazine rings is 1. The molecule has 1 fully saturated rings. The second kappa shape index (κ2) is 9.99. The third-order valence-electron chi connectivity index (χ3n) is 4.15. The van der Waals surface area contributed by atoms with Gasteiger partial charge in [-0.05, 0) is 25.5 Å². The average Bonchev–Trinajstić information content (AvgIpc) is 2.54. The first kappa shape index (κ1) is 22.5. The number of hydrogen-bond donors (Lipinski definition) is 2. The predicted molar refractivity (Wildman–Crippen MR) is 96.0 cm³/mol. The summed E-state index contributed by atoms with van der Waals surface area (Å²) in [4.78, 5) is 13.2. The summed E-state index contributed by atoms with van der Waals surface area (Å²) in [5, 5.41) is 5.36. The highest BCUT2D eigenvalue weighted by Gasteiger charge is 2.43. The van der Waals surface area contributed by atoms with Gasteiger partial charge < -0.3 is 15.4 Å². The highest BCUT2D eigenvalue weighted by Crippen LogP contribution is 2.24. The number of carbonyl (C=O) groups is 1. The maximum Gasteiger partial charge on any atom is 0.405 e. The van der Waals surface area contributed by atoms with Crippen molar-refractivity contribution in [3.63, 3.8) is 0 Å². The zero-order chi connectivity index (χ0) is 18.4. The number of benzene rings is 1. The van der Waals surface area contributed by atoms with Gasteiger partial charge in [0.15, 0.2) is 6.61 Å². The number of carbonyl (C=O) groups excluding carboxylic acids is 1. The third kappa shape index (κ3) is 6.66. The third-order valence-corrected chi connectivity index (χ3v) is 4.15. The summed E-state index contributed by atoms with van der Waals surface area (Å²) in [6, 6.07) is 3.83. The second-order valence-corrected chi connectivity index (χ2v) is 6.21. The standard InChI is InChI=1S/C17H24F3N3O2.ClH/c1-12-3-4-14(13(2)9-12)25-11-16(24)22-10-15(17(18,19)20)23-7-5-21-6-8-23;/h3-4,9,15,21H,5-8,10-11H2,1-2H3,(H,22,24);1H. The SMILES string of the molecule is Cc1ccc(OCC(=O)NCC(N2CCNCC2)C(F)(F)F)c(C)c1.Cl. The van der Waals surface area contributed by atoms with Crippen LogP contribution in [0.25, 0.3) is 0 Å². The molecule has 1 aromatic carbocycles. The Balaban J connectivity index is 0.00000338. The van der Waals surface area contributed by atoms with Crippen molar-refractivity contribution in [1.82, 2.24) is 15.5 Å². The molecule has 0 radical (unpaired) electrons. The maximum absolute atomic E-state index is 13.3. The van der Waals surface area contributed by atoms with Crippen molar-refractivity contribution in [1.29, 1.82) is 0 Å². The van der Waals surface area contributed by atoms with E-state index in [-0.39, 0.29) is 19.0 Å². The summed E-state index contributed by atoms with van der Waals surface area (Å²) in [6.07, 6.45) is -4.39. The van der Waals surface area contributed by atoms with E-state index in [1.807, 2.05) is 26.0 Å². The van der Waals surface area contributed by atoms with Crippen LogP contribution in [0.5, 0.6) is 5.75 Å². The quantitative estimate of drug-likeness (QED) is 0.774.